The number of carbonyl (C=O) groups is 1. The van der Waals surface area contributed by atoms with E-state index >= 15 is 0 Å². The topological polar surface area (TPSA) is 39.1 Å². The highest BCUT2D eigenvalue weighted by molar-refractivity contribution is 6.37. The lowest BCUT2D eigenvalue weighted by Crippen LogP contribution is -2.19. The predicted octanol–water partition coefficient (Wildman–Crippen LogP) is 4.65. The summed E-state index contributed by atoms with van der Waals surface area (Å²) in [5.74, 6) is -2.48. The van der Waals surface area contributed by atoms with Crippen molar-refractivity contribution >= 4 is 29.0 Å². The quantitative estimate of drug-likeness (QED) is 0.621. The molecule has 2 aromatic carbocycles. The third-order valence-corrected chi connectivity index (χ3v) is 4.14. The van der Waals surface area contributed by atoms with Gasteiger partial charge in [0.1, 0.15) is 11.6 Å². The minimum atomic E-state index is -0.987. The minimum Gasteiger partial charge on any atom is -0.288 e. The Balaban J connectivity index is 2.14. The molecule has 0 fully saturated rings. The molecule has 126 valence electrons. The number of rotatable bonds is 3. The zero-order valence-corrected chi connectivity index (χ0v) is 14.0. The van der Waals surface area contributed by atoms with Crippen molar-refractivity contribution in [3.63, 3.8) is 0 Å². The van der Waals surface area contributed by atoms with Crippen molar-refractivity contribution < 1.29 is 13.6 Å². The highest BCUT2D eigenvalue weighted by atomic mass is 35.5. The van der Waals surface area contributed by atoms with Crippen LogP contribution in [0.25, 0.3) is 5.69 Å². The number of halogens is 4. The van der Waals surface area contributed by atoms with Gasteiger partial charge in [-0.25, -0.2) is 8.78 Å². The molecule has 0 N–H and O–H groups in total. The van der Waals surface area contributed by atoms with Crippen molar-refractivity contribution in [3.8, 4) is 5.69 Å². The first kappa shape index (κ1) is 17.3. The summed E-state index contributed by atoms with van der Waals surface area (Å²) < 4.78 is 28.0. The lowest BCUT2D eigenvalue weighted by Gasteiger charge is -2.11. The van der Waals surface area contributed by atoms with Crippen molar-refractivity contribution in [2.24, 2.45) is 0 Å². The van der Waals surface area contributed by atoms with Crippen molar-refractivity contribution in [1.82, 2.24) is 4.57 Å². The predicted molar refractivity (Wildman–Crippen MR) is 91.8 cm³/mol. The Kier molecular flexibility index (Phi) is 4.70. The number of pyridine rings is 1. The maximum atomic E-state index is 13.8. The highest BCUT2D eigenvalue weighted by Crippen LogP contribution is 2.27. The van der Waals surface area contributed by atoms with Crippen LogP contribution in [0.1, 0.15) is 15.9 Å². The second kappa shape index (κ2) is 6.78. The highest BCUT2D eigenvalue weighted by Gasteiger charge is 2.17. The van der Waals surface area contributed by atoms with Gasteiger partial charge in [-0.15, -0.1) is 0 Å². The molecule has 7 heteroatoms. The van der Waals surface area contributed by atoms with Crippen molar-refractivity contribution in [3.05, 3.63) is 97.9 Å². The van der Waals surface area contributed by atoms with Crippen LogP contribution in [0.3, 0.4) is 0 Å². The Bertz CT molecular complexity index is 1030. The Labute approximate surface area is 151 Å². The number of hydrogen-bond acceptors (Lipinski definition) is 2. The van der Waals surface area contributed by atoms with Gasteiger partial charge in [0.2, 0.25) is 0 Å². The van der Waals surface area contributed by atoms with E-state index < -0.39 is 23.0 Å². The average Bonchev–Trinajstić information content (AvgIpc) is 2.56. The summed E-state index contributed by atoms with van der Waals surface area (Å²) in [6, 6.07) is 9.76. The molecule has 0 unspecified atom stereocenters. The fraction of sp³-hybridized carbons (Fsp3) is 0. The molecule has 0 aliphatic carbocycles. The normalized spacial score (nSPS) is 10.7. The molecule has 0 aliphatic heterocycles. The summed E-state index contributed by atoms with van der Waals surface area (Å²) >= 11 is 12.2. The molecule has 0 spiro atoms. The first-order chi connectivity index (χ1) is 11.9. The van der Waals surface area contributed by atoms with Crippen LogP contribution in [-0.4, -0.2) is 10.4 Å². The molecular formula is C18H9Cl2F2NO2. The van der Waals surface area contributed by atoms with Gasteiger partial charge in [0.15, 0.2) is 5.78 Å². The van der Waals surface area contributed by atoms with E-state index in [0.29, 0.717) is 6.07 Å². The number of aromatic nitrogens is 1. The average molecular weight is 380 g/mol. The van der Waals surface area contributed by atoms with Crippen molar-refractivity contribution in [2.45, 2.75) is 0 Å². The standard InChI is InChI=1S/C18H9Cl2F2NO2/c19-13-2-1-3-14(20)17(13)23-9-10(4-7-16(23)24)18(25)12-6-5-11(21)8-15(12)22/h1-9H. The van der Waals surface area contributed by atoms with Gasteiger partial charge in [-0.1, -0.05) is 29.3 Å². The molecule has 3 aromatic rings. The molecule has 0 radical (unpaired) electrons. The molecule has 0 saturated carbocycles. The molecule has 0 amide bonds. The van der Waals surface area contributed by atoms with Crippen LogP contribution in [0, 0.1) is 11.6 Å². The smallest absolute Gasteiger partial charge is 0.255 e. The van der Waals surface area contributed by atoms with Crippen LogP contribution >= 0.6 is 23.2 Å². The van der Waals surface area contributed by atoms with E-state index in [2.05, 4.69) is 0 Å². The van der Waals surface area contributed by atoms with Crippen LogP contribution in [0.15, 0.2) is 59.5 Å². The number of nitrogens with zero attached hydrogens (tertiary/aromatic N) is 1. The summed E-state index contributed by atoms with van der Waals surface area (Å²) in [6.07, 6.45) is 1.22. The first-order valence-electron chi connectivity index (χ1n) is 7.05. The van der Waals surface area contributed by atoms with Crippen LogP contribution in [0.4, 0.5) is 8.78 Å². The van der Waals surface area contributed by atoms with E-state index in [1.165, 1.54) is 12.3 Å². The van der Waals surface area contributed by atoms with Gasteiger partial charge < -0.3 is 0 Å². The number of benzene rings is 2. The van der Waals surface area contributed by atoms with Gasteiger partial charge in [-0.3, -0.25) is 14.2 Å². The van der Waals surface area contributed by atoms with Gasteiger partial charge in [0.05, 0.1) is 21.3 Å². The maximum Gasteiger partial charge on any atom is 0.255 e. The largest absolute Gasteiger partial charge is 0.288 e. The Morgan fingerprint density at radius 2 is 1.64 bits per heavy atom. The Hall–Kier alpha value is -2.50. The molecule has 0 saturated heterocycles. The molecule has 25 heavy (non-hydrogen) atoms. The molecule has 1 aromatic heterocycles. The van der Waals surface area contributed by atoms with Crippen LogP contribution < -0.4 is 5.56 Å². The molecule has 3 rings (SSSR count). The van der Waals surface area contributed by atoms with Crippen molar-refractivity contribution in [2.75, 3.05) is 0 Å². The Morgan fingerprint density at radius 3 is 2.28 bits per heavy atom. The minimum absolute atomic E-state index is 0.0288. The SMILES string of the molecule is O=C(c1ccc(=O)n(-c2c(Cl)cccc2Cl)c1)c1ccc(F)cc1F. The maximum absolute atomic E-state index is 13.8. The zero-order chi connectivity index (χ0) is 18.1. The van der Waals surface area contributed by atoms with Gasteiger partial charge in [0.25, 0.3) is 5.56 Å². The molecule has 0 bridgehead atoms. The van der Waals surface area contributed by atoms with E-state index in [9.17, 15) is 18.4 Å². The third-order valence-electron chi connectivity index (χ3n) is 3.53. The third kappa shape index (κ3) is 3.34. The van der Waals surface area contributed by atoms with E-state index in [-0.39, 0.29) is 26.9 Å². The van der Waals surface area contributed by atoms with E-state index in [1.807, 2.05) is 0 Å². The summed E-state index contributed by atoms with van der Waals surface area (Å²) in [5.41, 5.74) is -0.533. The van der Waals surface area contributed by atoms with Gasteiger partial charge in [0, 0.05) is 23.9 Å². The van der Waals surface area contributed by atoms with Crippen molar-refractivity contribution in [1.29, 1.82) is 0 Å². The first-order valence-corrected chi connectivity index (χ1v) is 7.81. The van der Waals surface area contributed by atoms with Gasteiger partial charge >= 0.3 is 0 Å². The van der Waals surface area contributed by atoms with E-state index in [4.69, 9.17) is 23.2 Å². The number of ketones is 1. The van der Waals surface area contributed by atoms with Gasteiger partial charge in [-0.05, 0) is 30.3 Å². The number of para-hydroxylation sites is 1. The lowest BCUT2D eigenvalue weighted by molar-refractivity contribution is 0.103. The summed E-state index contributed by atoms with van der Waals surface area (Å²) in [7, 11) is 0. The monoisotopic (exact) mass is 379 g/mol. The number of hydrogen-bond donors (Lipinski definition) is 0. The lowest BCUT2D eigenvalue weighted by atomic mass is 10.0. The summed E-state index contributed by atoms with van der Waals surface area (Å²) in [5, 5.41) is 0.430. The zero-order valence-electron chi connectivity index (χ0n) is 12.5. The fourth-order valence-corrected chi connectivity index (χ4v) is 2.92. The van der Waals surface area contributed by atoms with E-state index in [1.54, 1.807) is 18.2 Å². The summed E-state index contributed by atoms with van der Waals surface area (Å²) in [4.78, 5) is 24.7. The van der Waals surface area contributed by atoms with Crippen LogP contribution in [0.2, 0.25) is 10.0 Å². The van der Waals surface area contributed by atoms with E-state index in [0.717, 1.165) is 22.8 Å². The second-order valence-electron chi connectivity index (χ2n) is 5.15. The fourth-order valence-electron chi connectivity index (χ4n) is 2.34. The Morgan fingerprint density at radius 1 is 0.960 bits per heavy atom. The second-order valence-corrected chi connectivity index (χ2v) is 5.96. The number of carbonyl (C=O) groups excluding carboxylic acids is 1. The molecule has 0 atom stereocenters. The summed E-state index contributed by atoms with van der Waals surface area (Å²) in [6.45, 7) is 0. The molecule has 1 heterocycles. The van der Waals surface area contributed by atoms with Crippen LogP contribution in [0.5, 0.6) is 0 Å². The molecule has 3 nitrogen and oxygen atoms in total. The molecule has 0 aliphatic rings. The van der Waals surface area contributed by atoms with Crippen LogP contribution in [-0.2, 0) is 0 Å². The van der Waals surface area contributed by atoms with Gasteiger partial charge in [-0.2, -0.15) is 0 Å². The molecular weight excluding hydrogens is 371 g/mol.